The minimum absolute atomic E-state index is 0.0623. The molecule has 0 N–H and O–H groups in total. The van der Waals surface area contributed by atoms with Gasteiger partial charge in [-0.15, -0.1) is 0 Å². The van der Waals surface area contributed by atoms with Crippen molar-refractivity contribution in [2.75, 3.05) is 13.2 Å². The van der Waals surface area contributed by atoms with Crippen LogP contribution in [0, 0.1) is 0 Å². The number of hydrogen-bond acceptors (Lipinski definition) is 6. The lowest BCUT2D eigenvalue weighted by Crippen LogP contribution is -2.30. The average Bonchev–Trinajstić information content (AvgIpc) is 3.49. The first-order valence-corrected chi connectivity index (χ1v) is 38.2. The molecule has 1 atom stereocenters. The highest BCUT2D eigenvalue weighted by Crippen LogP contribution is 2.20. The lowest BCUT2D eigenvalue weighted by Gasteiger charge is -2.18. The van der Waals surface area contributed by atoms with E-state index in [-0.39, 0.29) is 31.1 Å². The van der Waals surface area contributed by atoms with E-state index in [0.29, 0.717) is 19.3 Å². The first kappa shape index (κ1) is 81.2. The summed E-state index contributed by atoms with van der Waals surface area (Å²) in [4.78, 5) is 38.2. The number of allylic oxidation sites excluding steroid dienone is 2. The van der Waals surface area contributed by atoms with E-state index < -0.39 is 6.10 Å². The van der Waals surface area contributed by atoms with Gasteiger partial charge in [0, 0.05) is 19.3 Å². The van der Waals surface area contributed by atoms with Crippen LogP contribution in [-0.4, -0.2) is 37.2 Å². The van der Waals surface area contributed by atoms with Gasteiger partial charge in [-0.05, 0) is 44.9 Å². The topological polar surface area (TPSA) is 78.9 Å². The van der Waals surface area contributed by atoms with Crippen LogP contribution in [-0.2, 0) is 28.6 Å². The van der Waals surface area contributed by atoms with Crippen LogP contribution in [0.3, 0.4) is 0 Å². The molecule has 0 aliphatic heterocycles. The molecule has 0 saturated heterocycles. The molecule has 0 bridgehead atoms. The number of hydrogen-bond donors (Lipinski definition) is 0. The van der Waals surface area contributed by atoms with Crippen LogP contribution in [0.2, 0.25) is 0 Å². The third-order valence-corrected chi connectivity index (χ3v) is 17.8. The van der Waals surface area contributed by atoms with Crippen LogP contribution in [0.25, 0.3) is 0 Å². The summed E-state index contributed by atoms with van der Waals surface area (Å²) in [7, 11) is 0. The SMILES string of the molecule is CCCCCCCCCC/C=C\CCCCCCCCCCCCCCCCCCCCCCCCCC(=O)OCC(COC(=O)CCCCCCCCC)OC(=O)CCCCCCCCCCCCCCCCCCCCCCCCC. The van der Waals surface area contributed by atoms with Crippen molar-refractivity contribution in [2.45, 2.75) is 451 Å². The van der Waals surface area contributed by atoms with E-state index in [1.54, 1.807) is 0 Å². The molecular formula is C77H148O6. The summed E-state index contributed by atoms with van der Waals surface area (Å²) in [5.41, 5.74) is 0. The Morgan fingerprint density at radius 3 is 0.602 bits per heavy atom. The van der Waals surface area contributed by atoms with Crippen molar-refractivity contribution >= 4 is 17.9 Å². The normalized spacial score (nSPS) is 12.0. The fourth-order valence-corrected chi connectivity index (χ4v) is 12.0. The lowest BCUT2D eigenvalue weighted by atomic mass is 10.0. The van der Waals surface area contributed by atoms with Gasteiger partial charge in [0.2, 0.25) is 0 Å². The molecule has 6 nitrogen and oxygen atoms in total. The Kier molecular flexibility index (Phi) is 71.0. The van der Waals surface area contributed by atoms with Gasteiger partial charge in [-0.25, -0.2) is 0 Å². The Bertz CT molecular complexity index is 1300. The van der Waals surface area contributed by atoms with Crippen molar-refractivity contribution in [2.24, 2.45) is 0 Å². The van der Waals surface area contributed by atoms with E-state index in [1.165, 1.54) is 347 Å². The molecule has 0 rings (SSSR count). The molecule has 0 aromatic carbocycles. The van der Waals surface area contributed by atoms with Gasteiger partial charge in [0.05, 0.1) is 0 Å². The Morgan fingerprint density at radius 2 is 0.398 bits per heavy atom. The predicted molar refractivity (Wildman–Crippen MR) is 363 cm³/mol. The van der Waals surface area contributed by atoms with E-state index >= 15 is 0 Å². The van der Waals surface area contributed by atoms with Crippen molar-refractivity contribution in [3.63, 3.8) is 0 Å². The van der Waals surface area contributed by atoms with E-state index in [4.69, 9.17) is 14.2 Å². The zero-order valence-corrected chi connectivity index (χ0v) is 56.8. The largest absolute Gasteiger partial charge is 0.462 e. The summed E-state index contributed by atoms with van der Waals surface area (Å²) < 4.78 is 16.9. The zero-order valence-electron chi connectivity index (χ0n) is 56.8. The molecule has 83 heavy (non-hydrogen) atoms. The standard InChI is InChI=1S/C77H148O6/c1-4-7-10-13-16-18-20-22-24-26-28-30-32-33-34-35-36-37-38-39-40-41-42-43-45-46-48-50-52-54-56-58-61-64-67-70-76(79)82-73-74(72-81-75(78)69-66-63-60-15-12-9-6-3)83-77(80)71-68-65-62-59-57-55-53-51-49-47-44-31-29-27-25-23-21-19-17-14-11-8-5-2/h26,28,74H,4-25,27,29-73H2,1-3H3/b28-26-. The van der Waals surface area contributed by atoms with Gasteiger partial charge in [0.15, 0.2) is 6.10 Å². The van der Waals surface area contributed by atoms with Crippen LogP contribution < -0.4 is 0 Å². The molecular weight excluding hydrogens is 1020 g/mol. The molecule has 0 aromatic rings. The first-order chi connectivity index (χ1) is 41.0. The van der Waals surface area contributed by atoms with Crippen LogP contribution in [0.5, 0.6) is 0 Å². The summed E-state index contributed by atoms with van der Waals surface area (Å²) in [6, 6.07) is 0. The molecule has 0 saturated carbocycles. The van der Waals surface area contributed by atoms with Gasteiger partial charge in [0.1, 0.15) is 13.2 Å². The Balaban J connectivity index is 3.91. The Labute approximate surface area is 520 Å². The highest BCUT2D eigenvalue weighted by Gasteiger charge is 2.20. The van der Waals surface area contributed by atoms with Gasteiger partial charge in [-0.2, -0.15) is 0 Å². The van der Waals surface area contributed by atoms with Crippen LogP contribution in [0.4, 0.5) is 0 Å². The summed E-state index contributed by atoms with van der Waals surface area (Å²) >= 11 is 0. The van der Waals surface area contributed by atoms with E-state index in [0.717, 1.165) is 57.8 Å². The molecule has 0 fully saturated rings. The highest BCUT2D eigenvalue weighted by atomic mass is 16.6. The second-order valence-corrected chi connectivity index (χ2v) is 26.3. The average molecular weight is 1170 g/mol. The molecule has 0 heterocycles. The molecule has 0 radical (unpaired) electrons. The maximum Gasteiger partial charge on any atom is 0.306 e. The summed E-state index contributed by atoms with van der Waals surface area (Å²) in [5.74, 6) is -0.834. The molecule has 1 unspecified atom stereocenters. The van der Waals surface area contributed by atoms with Crippen LogP contribution in [0.1, 0.15) is 445 Å². The minimum Gasteiger partial charge on any atom is -0.462 e. The van der Waals surface area contributed by atoms with Gasteiger partial charge in [0.25, 0.3) is 0 Å². The molecule has 0 aliphatic rings. The summed E-state index contributed by atoms with van der Waals surface area (Å²) in [5, 5.41) is 0. The van der Waals surface area contributed by atoms with Gasteiger partial charge in [-0.3, -0.25) is 14.4 Å². The van der Waals surface area contributed by atoms with Gasteiger partial charge >= 0.3 is 17.9 Å². The summed E-state index contributed by atoms with van der Waals surface area (Å²) in [6.45, 7) is 6.69. The highest BCUT2D eigenvalue weighted by molar-refractivity contribution is 5.71. The minimum atomic E-state index is -0.763. The second kappa shape index (κ2) is 72.6. The molecule has 0 aliphatic carbocycles. The van der Waals surface area contributed by atoms with E-state index in [1.807, 2.05) is 0 Å². The molecule has 6 heteroatoms. The number of esters is 3. The third-order valence-electron chi connectivity index (χ3n) is 17.8. The van der Waals surface area contributed by atoms with E-state index in [9.17, 15) is 14.4 Å². The zero-order chi connectivity index (χ0) is 59.9. The van der Waals surface area contributed by atoms with Crippen molar-refractivity contribution in [3.8, 4) is 0 Å². The van der Waals surface area contributed by atoms with Crippen LogP contribution in [0.15, 0.2) is 12.2 Å². The Hall–Kier alpha value is -1.85. The van der Waals surface area contributed by atoms with Crippen molar-refractivity contribution in [1.29, 1.82) is 0 Å². The van der Waals surface area contributed by atoms with Gasteiger partial charge < -0.3 is 14.2 Å². The maximum atomic E-state index is 12.9. The van der Waals surface area contributed by atoms with Crippen molar-refractivity contribution in [3.05, 3.63) is 12.2 Å². The number of carbonyl (C=O) groups excluding carboxylic acids is 3. The quantitative estimate of drug-likeness (QED) is 0.0261. The van der Waals surface area contributed by atoms with E-state index in [2.05, 4.69) is 32.9 Å². The van der Waals surface area contributed by atoms with Crippen LogP contribution >= 0.6 is 0 Å². The van der Waals surface area contributed by atoms with Gasteiger partial charge in [-0.1, -0.05) is 392 Å². The predicted octanol–water partition coefficient (Wildman–Crippen LogP) is 26.3. The summed E-state index contributed by atoms with van der Waals surface area (Å²) in [6.07, 6.45) is 88.8. The van der Waals surface area contributed by atoms with Crippen molar-refractivity contribution in [1.82, 2.24) is 0 Å². The lowest BCUT2D eigenvalue weighted by molar-refractivity contribution is -0.167. The number of carbonyl (C=O) groups is 3. The monoisotopic (exact) mass is 1170 g/mol. The third kappa shape index (κ3) is 70.8. The number of rotatable bonds is 72. The van der Waals surface area contributed by atoms with Crippen molar-refractivity contribution < 1.29 is 28.6 Å². The molecule has 0 aromatic heterocycles. The number of ether oxygens (including phenoxy) is 3. The smallest absolute Gasteiger partial charge is 0.306 e. The maximum absolute atomic E-state index is 12.9. The fourth-order valence-electron chi connectivity index (χ4n) is 12.0. The molecule has 0 spiro atoms. The second-order valence-electron chi connectivity index (χ2n) is 26.3. The number of unbranched alkanes of at least 4 members (excludes halogenated alkanes) is 59. The first-order valence-electron chi connectivity index (χ1n) is 38.2. The molecule has 492 valence electrons. The molecule has 0 amide bonds. The Morgan fingerprint density at radius 1 is 0.229 bits per heavy atom. The fraction of sp³-hybridized carbons (Fsp3) is 0.935.